The number of phenolic OH excluding ortho intramolecular Hbond substituents is 1. The van der Waals surface area contributed by atoms with Crippen molar-refractivity contribution < 1.29 is 24.3 Å². The number of aryl methyl sites for hydroxylation is 2. The maximum absolute atomic E-state index is 13.7. The van der Waals surface area contributed by atoms with Crippen molar-refractivity contribution in [1.29, 1.82) is 0 Å². The van der Waals surface area contributed by atoms with Crippen LogP contribution in [0.15, 0.2) is 66.7 Å². The third-order valence-electron chi connectivity index (χ3n) is 6.26. The van der Waals surface area contributed by atoms with E-state index in [2.05, 4.69) is 0 Å². The SMILES string of the molecule is COc1cc([C@@H]2[C@@H]3C(=O)N(c4ccc(C)cc4C)C(=O)[C@@H]3ON2c2ccccc2)ccc1O. The van der Waals surface area contributed by atoms with Crippen LogP contribution in [0.3, 0.4) is 0 Å². The number of hydrogen-bond acceptors (Lipinski definition) is 6. The van der Waals surface area contributed by atoms with Gasteiger partial charge in [-0.15, -0.1) is 0 Å². The highest BCUT2D eigenvalue weighted by molar-refractivity contribution is 6.24. The highest BCUT2D eigenvalue weighted by atomic mass is 16.7. The average Bonchev–Trinajstić information content (AvgIpc) is 3.31. The van der Waals surface area contributed by atoms with Gasteiger partial charge in [-0.3, -0.25) is 14.4 Å². The Hall–Kier alpha value is -3.84. The van der Waals surface area contributed by atoms with E-state index in [-0.39, 0.29) is 23.3 Å². The Bertz CT molecular complexity index is 1240. The van der Waals surface area contributed by atoms with Gasteiger partial charge in [-0.2, -0.15) is 0 Å². The van der Waals surface area contributed by atoms with Crippen molar-refractivity contribution in [2.75, 3.05) is 17.1 Å². The van der Waals surface area contributed by atoms with Crippen molar-refractivity contribution in [2.45, 2.75) is 26.0 Å². The molecule has 3 atom stereocenters. The number of imide groups is 1. The third-order valence-corrected chi connectivity index (χ3v) is 6.26. The molecule has 2 aliphatic heterocycles. The fourth-order valence-corrected chi connectivity index (χ4v) is 4.72. The van der Waals surface area contributed by atoms with Crippen LogP contribution in [0.25, 0.3) is 0 Å². The van der Waals surface area contributed by atoms with Gasteiger partial charge >= 0.3 is 0 Å². The number of ether oxygens (including phenoxy) is 1. The van der Waals surface area contributed by atoms with E-state index in [9.17, 15) is 14.7 Å². The quantitative estimate of drug-likeness (QED) is 0.611. The fourth-order valence-electron chi connectivity index (χ4n) is 4.72. The fraction of sp³-hybridized carbons (Fsp3) is 0.231. The molecule has 0 spiro atoms. The summed E-state index contributed by atoms with van der Waals surface area (Å²) in [5.74, 6) is -1.17. The molecule has 7 nitrogen and oxygen atoms in total. The Morgan fingerprint density at radius 3 is 2.39 bits per heavy atom. The number of aromatic hydroxyl groups is 1. The average molecular weight is 444 g/mol. The van der Waals surface area contributed by atoms with Crippen molar-refractivity contribution in [3.8, 4) is 11.5 Å². The van der Waals surface area contributed by atoms with Crippen molar-refractivity contribution in [2.24, 2.45) is 5.92 Å². The summed E-state index contributed by atoms with van der Waals surface area (Å²) >= 11 is 0. The Morgan fingerprint density at radius 1 is 0.939 bits per heavy atom. The van der Waals surface area contributed by atoms with Crippen LogP contribution in [0, 0.1) is 19.8 Å². The molecule has 7 heteroatoms. The molecule has 0 unspecified atom stereocenters. The number of hydrogen-bond donors (Lipinski definition) is 1. The number of hydroxylamine groups is 1. The van der Waals surface area contributed by atoms with E-state index in [4.69, 9.17) is 9.57 Å². The molecule has 2 heterocycles. The minimum atomic E-state index is -0.955. The Balaban J connectivity index is 1.61. The zero-order valence-corrected chi connectivity index (χ0v) is 18.6. The second-order valence-corrected chi connectivity index (χ2v) is 8.39. The number of rotatable bonds is 4. The molecule has 33 heavy (non-hydrogen) atoms. The van der Waals surface area contributed by atoms with Crippen molar-refractivity contribution >= 4 is 23.2 Å². The number of nitrogens with zero attached hydrogens (tertiary/aromatic N) is 2. The Labute approximate surface area is 191 Å². The molecule has 2 amide bonds. The lowest BCUT2D eigenvalue weighted by molar-refractivity contribution is -0.126. The number of fused-ring (bicyclic) bond motifs is 1. The third kappa shape index (κ3) is 3.32. The van der Waals surface area contributed by atoms with Crippen LogP contribution < -0.4 is 14.7 Å². The van der Waals surface area contributed by atoms with Crippen LogP contribution >= 0.6 is 0 Å². The molecule has 5 rings (SSSR count). The monoisotopic (exact) mass is 444 g/mol. The Kier molecular flexibility index (Phi) is 5.06. The summed E-state index contributed by atoms with van der Waals surface area (Å²) in [5, 5.41) is 11.7. The normalized spacial score (nSPS) is 22.1. The minimum absolute atomic E-state index is 0.00583. The van der Waals surface area contributed by atoms with Gasteiger partial charge in [-0.25, -0.2) is 9.96 Å². The number of methoxy groups -OCH3 is 1. The molecular formula is C26H24N2O5. The maximum Gasteiger partial charge on any atom is 0.266 e. The summed E-state index contributed by atoms with van der Waals surface area (Å²) in [6.07, 6.45) is -0.955. The van der Waals surface area contributed by atoms with E-state index in [0.717, 1.165) is 16.8 Å². The first-order valence-electron chi connectivity index (χ1n) is 10.7. The first kappa shape index (κ1) is 21.0. The standard InChI is InChI=1S/C26H24N2O5/c1-15-9-11-19(16(2)13-15)27-25(30)22-23(17-10-12-20(29)21(14-17)32-3)28(33-24(22)26(27)31)18-7-5-4-6-8-18/h4-14,22-24,29H,1-3H3/t22-,23+,24+/m0/s1. The summed E-state index contributed by atoms with van der Waals surface area (Å²) < 4.78 is 5.29. The van der Waals surface area contributed by atoms with Gasteiger partial charge in [0, 0.05) is 0 Å². The van der Waals surface area contributed by atoms with Crippen molar-refractivity contribution in [3.63, 3.8) is 0 Å². The number of amides is 2. The van der Waals surface area contributed by atoms with E-state index in [1.807, 2.05) is 56.3 Å². The summed E-state index contributed by atoms with van der Waals surface area (Å²) in [6, 6.07) is 19.3. The van der Waals surface area contributed by atoms with Crippen LogP contribution in [-0.2, 0) is 14.4 Å². The van der Waals surface area contributed by atoms with Gasteiger partial charge in [0.15, 0.2) is 17.6 Å². The minimum Gasteiger partial charge on any atom is -0.504 e. The smallest absolute Gasteiger partial charge is 0.266 e. The number of phenols is 1. The number of carbonyl (C=O) groups excluding carboxylic acids is 2. The van der Waals surface area contributed by atoms with E-state index in [0.29, 0.717) is 11.3 Å². The molecule has 2 fully saturated rings. The summed E-state index contributed by atoms with van der Waals surface area (Å²) in [7, 11) is 1.47. The molecule has 2 aliphatic rings. The van der Waals surface area contributed by atoms with Gasteiger partial charge in [0.1, 0.15) is 5.92 Å². The largest absolute Gasteiger partial charge is 0.504 e. The molecule has 0 saturated carbocycles. The number of anilines is 2. The van der Waals surface area contributed by atoms with Crippen molar-refractivity contribution in [3.05, 3.63) is 83.4 Å². The zero-order valence-electron chi connectivity index (χ0n) is 18.6. The molecule has 0 bridgehead atoms. The lowest BCUT2D eigenvalue weighted by Gasteiger charge is -2.29. The predicted molar refractivity (Wildman–Crippen MR) is 123 cm³/mol. The highest BCUT2D eigenvalue weighted by Crippen LogP contribution is 2.48. The lowest BCUT2D eigenvalue weighted by Crippen LogP contribution is -2.37. The first-order valence-corrected chi connectivity index (χ1v) is 10.7. The first-order chi connectivity index (χ1) is 15.9. The lowest BCUT2D eigenvalue weighted by atomic mass is 9.90. The second-order valence-electron chi connectivity index (χ2n) is 8.39. The van der Waals surface area contributed by atoms with Crippen LogP contribution in [0.4, 0.5) is 11.4 Å². The van der Waals surface area contributed by atoms with Gasteiger partial charge in [0.2, 0.25) is 5.91 Å². The van der Waals surface area contributed by atoms with Gasteiger partial charge in [-0.1, -0.05) is 42.0 Å². The number of carbonyl (C=O) groups is 2. The topological polar surface area (TPSA) is 79.3 Å². The molecule has 2 saturated heterocycles. The van der Waals surface area contributed by atoms with E-state index in [1.165, 1.54) is 18.1 Å². The van der Waals surface area contributed by atoms with Crippen molar-refractivity contribution in [1.82, 2.24) is 0 Å². The van der Waals surface area contributed by atoms with Crippen LogP contribution in [0.1, 0.15) is 22.7 Å². The van der Waals surface area contributed by atoms with Gasteiger partial charge < -0.3 is 9.84 Å². The van der Waals surface area contributed by atoms with E-state index in [1.54, 1.807) is 23.3 Å². The van der Waals surface area contributed by atoms with Crippen LogP contribution in [0.5, 0.6) is 11.5 Å². The highest BCUT2D eigenvalue weighted by Gasteiger charge is 2.60. The predicted octanol–water partition coefficient (Wildman–Crippen LogP) is 4.07. The van der Waals surface area contributed by atoms with Gasteiger partial charge in [-0.05, 0) is 55.3 Å². The zero-order chi connectivity index (χ0) is 23.3. The van der Waals surface area contributed by atoms with E-state index < -0.39 is 18.1 Å². The maximum atomic E-state index is 13.7. The van der Waals surface area contributed by atoms with Crippen LogP contribution in [0.2, 0.25) is 0 Å². The molecule has 168 valence electrons. The summed E-state index contributed by atoms with van der Waals surface area (Å²) in [5.41, 5.74) is 3.89. The summed E-state index contributed by atoms with van der Waals surface area (Å²) in [6.45, 7) is 3.85. The summed E-state index contributed by atoms with van der Waals surface area (Å²) in [4.78, 5) is 34.6. The van der Waals surface area contributed by atoms with Gasteiger partial charge in [0.25, 0.3) is 5.91 Å². The number of benzene rings is 3. The second kappa shape index (κ2) is 7.94. The van der Waals surface area contributed by atoms with Gasteiger partial charge in [0.05, 0.1) is 24.5 Å². The molecule has 3 aromatic rings. The Morgan fingerprint density at radius 2 is 1.70 bits per heavy atom. The molecule has 3 aromatic carbocycles. The molecular weight excluding hydrogens is 420 g/mol. The molecule has 0 aliphatic carbocycles. The molecule has 0 aromatic heterocycles. The molecule has 0 radical (unpaired) electrons. The van der Waals surface area contributed by atoms with Crippen LogP contribution in [-0.4, -0.2) is 30.1 Å². The van der Waals surface area contributed by atoms with E-state index >= 15 is 0 Å². The molecule has 1 N–H and O–H groups in total. The number of para-hydroxylation sites is 1.